The molecule has 7 nitrogen and oxygen atoms in total. The van der Waals surface area contributed by atoms with Crippen LogP contribution in [0.5, 0.6) is 0 Å². The summed E-state index contributed by atoms with van der Waals surface area (Å²) in [7, 11) is 0. The minimum Gasteiger partial charge on any atom is -0.480 e. The molecule has 2 rings (SSSR count). The van der Waals surface area contributed by atoms with E-state index in [0.29, 0.717) is 0 Å². The summed E-state index contributed by atoms with van der Waals surface area (Å²) in [5, 5.41) is 14.5. The average molecular weight is 282 g/mol. The third-order valence-corrected chi connectivity index (χ3v) is 2.28. The Bertz CT molecular complexity index is 671. The van der Waals surface area contributed by atoms with Gasteiger partial charge < -0.3 is 10.4 Å². The van der Waals surface area contributed by atoms with Crippen LogP contribution in [0.4, 0.5) is 14.5 Å². The third-order valence-electron chi connectivity index (χ3n) is 2.28. The lowest BCUT2D eigenvalue weighted by molar-refractivity contribution is -0.137. The molecule has 0 bridgehead atoms. The molecule has 2 heterocycles. The number of amides is 1. The molecule has 0 aliphatic carbocycles. The smallest absolute Gasteiger partial charge is 0.325 e. The topological polar surface area (TPSA) is 97.1 Å². The zero-order chi connectivity index (χ0) is 14.7. The number of anilines is 1. The Morgan fingerprint density at radius 2 is 2.15 bits per heavy atom. The number of nitrogens with zero attached hydrogens (tertiary/aromatic N) is 3. The summed E-state index contributed by atoms with van der Waals surface area (Å²) >= 11 is 0. The second-order valence-corrected chi connectivity index (χ2v) is 3.74. The van der Waals surface area contributed by atoms with Crippen molar-refractivity contribution in [3.05, 3.63) is 42.0 Å². The Balaban J connectivity index is 2.13. The molecule has 0 unspecified atom stereocenters. The lowest BCUT2D eigenvalue weighted by Gasteiger charge is -2.03. The molecule has 0 atom stereocenters. The lowest BCUT2D eigenvalue weighted by atomic mass is 10.2. The number of halogens is 2. The molecule has 0 saturated heterocycles. The van der Waals surface area contributed by atoms with Gasteiger partial charge in [-0.25, -0.2) is 9.37 Å². The average Bonchev–Trinajstić information content (AvgIpc) is 2.79. The number of hydrogen-bond donors (Lipinski definition) is 2. The van der Waals surface area contributed by atoms with Gasteiger partial charge >= 0.3 is 5.97 Å². The van der Waals surface area contributed by atoms with E-state index >= 15 is 0 Å². The molecule has 2 aromatic heterocycles. The van der Waals surface area contributed by atoms with Crippen molar-refractivity contribution in [1.82, 2.24) is 14.8 Å². The highest BCUT2D eigenvalue weighted by Crippen LogP contribution is 2.12. The first-order valence-electron chi connectivity index (χ1n) is 5.33. The molecule has 0 saturated carbocycles. The first-order chi connectivity index (χ1) is 9.47. The van der Waals surface area contributed by atoms with Gasteiger partial charge in [0.05, 0.1) is 17.4 Å². The fraction of sp³-hybridized carbons (Fsp3) is 0.0909. The van der Waals surface area contributed by atoms with Gasteiger partial charge in [0, 0.05) is 12.4 Å². The molecule has 0 aliphatic heterocycles. The van der Waals surface area contributed by atoms with E-state index in [0.717, 1.165) is 16.9 Å². The van der Waals surface area contributed by atoms with Crippen molar-refractivity contribution >= 4 is 17.6 Å². The molecule has 2 aromatic rings. The van der Waals surface area contributed by atoms with Crippen molar-refractivity contribution < 1.29 is 23.5 Å². The van der Waals surface area contributed by atoms with E-state index < -0.39 is 29.2 Å². The predicted octanol–water partition coefficient (Wildman–Crippen LogP) is 0.893. The number of carboxylic acid groups (broad SMARTS) is 1. The first-order valence-corrected chi connectivity index (χ1v) is 5.33. The summed E-state index contributed by atoms with van der Waals surface area (Å²) in [5.41, 5.74) is -0.351. The maximum Gasteiger partial charge on any atom is 0.325 e. The molecule has 0 radical (unpaired) electrons. The van der Waals surface area contributed by atoms with Crippen LogP contribution in [0.1, 0.15) is 10.4 Å². The number of nitrogens with one attached hydrogen (secondary N) is 1. The van der Waals surface area contributed by atoms with Gasteiger partial charge in [0.2, 0.25) is 5.95 Å². The summed E-state index contributed by atoms with van der Waals surface area (Å²) in [6, 6.07) is 1.02. The van der Waals surface area contributed by atoms with E-state index in [4.69, 9.17) is 5.11 Å². The van der Waals surface area contributed by atoms with Crippen LogP contribution in [0.25, 0.3) is 0 Å². The van der Waals surface area contributed by atoms with Crippen LogP contribution in [0.3, 0.4) is 0 Å². The Kier molecular flexibility index (Phi) is 3.69. The first kappa shape index (κ1) is 13.6. The van der Waals surface area contributed by atoms with E-state index in [1.54, 1.807) is 0 Å². The van der Waals surface area contributed by atoms with Crippen molar-refractivity contribution in [2.24, 2.45) is 0 Å². The van der Waals surface area contributed by atoms with Gasteiger partial charge in [0.15, 0.2) is 5.82 Å². The maximum absolute atomic E-state index is 13.3. The molecule has 9 heteroatoms. The van der Waals surface area contributed by atoms with E-state index in [1.165, 1.54) is 12.4 Å². The quantitative estimate of drug-likeness (QED) is 0.812. The largest absolute Gasteiger partial charge is 0.480 e. The fourth-order valence-electron chi connectivity index (χ4n) is 1.45. The molecular weight excluding hydrogens is 274 g/mol. The zero-order valence-electron chi connectivity index (χ0n) is 9.88. The van der Waals surface area contributed by atoms with Gasteiger partial charge in [-0.15, -0.1) is 0 Å². The van der Waals surface area contributed by atoms with E-state index in [9.17, 15) is 18.4 Å². The van der Waals surface area contributed by atoms with E-state index in [1.807, 2.05) is 0 Å². The summed E-state index contributed by atoms with van der Waals surface area (Å²) in [5.74, 6) is -4.73. The maximum atomic E-state index is 13.3. The van der Waals surface area contributed by atoms with Crippen molar-refractivity contribution in [1.29, 1.82) is 0 Å². The number of aromatic nitrogens is 3. The molecule has 0 aliphatic rings. The summed E-state index contributed by atoms with van der Waals surface area (Å²) in [6.07, 6.45) is 3.40. The van der Waals surface area contributed by atoms with Gasteiger partial charge in [-0.1, -0.05) is 0 Å². The third kappa shape index (κ3) is 2.94. The zero-order valence-corrected chi connectivity index (χ0v) is 9.88. The standard InChI is InChI=1S/C11H8F2N4O3/c12-9-7(1-2-14-10(9)13)11(20)16-6-3-15-17(4-6)5-8(18)19/h1-4H,5H2,(H,16,20)(H,18,19). The minimum atomic E-state index is -1.38. The van der Waals surface area contributed by atoms with Crippen LogP contribution < -0.4 is 5.32 Å². The number of carboxylic acids is 1. The van der Waals surface area contributed by atoms with Crippen LogP contribution in [-0.2, 0) is 11.3 Å². The summed E-state index contributed by atoms with van der Waals surface area (Å²) < 4.78 is 27.3. The fourth-order valence-corrected chi connectivity index (χ4v) is 1.45. The normalized spacial score (nSPS) is 10.3. The van der Waals surface area contributed by atoms with E-state index in [-0.39, 0.29) is 12.2 Å². The number of carbonyl (C=O) groups is 2. The molecule has 20 heavy (non-hydrogen) atoms. The highest BCUT2D eigenvalue weighted by molar-refractivity contribution is 6.04. The Morgan fingerprint density at radius 1 is 1.40 bits per heavy atom. The molecule has 2 N–H and O–H groups in total. The second-order valence-electron chi connectivity index (χ2n) is 3.74. The van der Waals surface area contributed by atoms with Crippen molar-refractivity contribution in [2.75, 3.05) is 5.32 Å². The number of aliphatic carboxylic acids is 1. The van der Waals surface area contributed by atoms with Crippen LogP contribution >= 0.6 is 0 Å². The van der Waals surface area contributed by atoms with Crippen LogP contribution in [0.2, 0.25) is 0 Å². The number of pyridine rings is 1. The Labute approximate surface area is 110 Å². The molecular formula is C11H8F2N4O3. The van der Waals surface area contributed by atoms with Crippen LogP contribution in [0.15, 0.2) is 24.7 Å². The minimum absolute atomic E-state index is 0.160. The van der Waals surface area contributed by atoms with Gasteiger partial charge in [0.1, 0.15) is 6.54 Å². The Morgan fingerprint density at radius 3 is 2.85 bits per heavy atom. The van der Waals surface area contributed by atoms with Crippen molar-refractivity contribution in [3.63, 3.8) is 0 Å². The monoisotopic (exact) mass is 282 g/mol. The van der Waals surface area contributed by atoms with Crippen molar-refractivity contribution in [3.8, 4) is 0 Å². The second kappa shape index (κ2) is 5.43. The van der Waals surface area contributed by atoms with Crippen molar-refractivity contribution in [2.45, 2.75) is 6.54 Å². The van der Waals surface area contributed by atoms with E-state index in [2.05, 4.69) is 15.4 Å². The molecule has 0 aromatic carbocycles. The number of rotatable bonds is 4. The van der Waals surface area contributed by atoms with Gasteiger partial charge in [-0.3, -0.25) is 14.3 Å². The van der Waals surface area contributed by atoms with Crippen LogP contribution in [-0.4, -0.2) is 31.7 Å². The highest BCUT2D eigenvalue weighted by atomic mass is 19.2. The highest BCUT2D eigenvalue weighted by Gasteiger charge is 2.16. The summed E-state index contributed by atoms with van der Waals surface area (Å²) in [6.45, 7) is -0.381. The SMILES string of the molecule is O=C(O)Cn1cc(NC(=O)c2ccnc(F)c2F)cn1. The molecule has 1 amide bonds. The lowest BCUT2D eigenvalue weighted by Crippen LogP contribution is -2.15. The van der Waals surface area contributed by atoms with Gasteiger partial charge in [-0.05, 0) is 6.07 Å². The Hall–Kier alpha value is -2.84. The molecule has 104 valence electrons. The van der Waals surface area contributed by atoms with Gasteiger partial charge in [-0.2, -0.15) is 9.49 Å². The van der Waals surface area contributed by atoms with Gasteiger partial charge in [0.25, 0.3) is 5.91 Å². The number of carbonyl (C=O) groups excluding carboxylic acids is 1. The predicted molar refractivity (Wildman–Crippen MR) is 62.0 cm³/mol. The number of hydrogen-bond acceptors (Lipinski definition) is 4. The molecule has 0 spiro atoms. The summed E-state index contributed by atoms with van der Waals surface area (Å²) in [4.78, 5) is 25.2. The molecule has 0 fully saturated rings. The van der Waals surface area contributed by atoms with Crippen LogP contribution in [0, 0.1) is 11.8 Å².